The summed E-state index contributed by atoms with van der Waals surface area (Å²) in [6.45, 7) is 5.62. The number of aliphatic hydroxyl groups excluding tert-OH is 1. The number of halogens is 3. The van der Waals surface area contributed by atoms with E-state index in [9.17, 15) is 18.3 Å². The Morgan fingerprint density at radius 3 is 2.61 bits per heavy atom. The van der Waals surface area contributed by atoms with Gasteiger partial charge in [0.25, 0.3) is 0 Å². The molecular weight excluding hydrogens is 305 g/mol. The third-order valence-corrected chi connectivity index (χ3v) is 4.33. The van der Waals surface area contributed by atoms with Crippen molar-refractivity contribution in [3.05, 3.63) is 35.4 Å². The molecule has 0 bridgehead atoms. The van der Waals surface area contributed by atoms with E-state index in [1.807, 2.05) is 0 Å². The van der Waals surface area contributed by atoms with Crippen LogP contribution in [0, 0.1) is 0 Å². The summed E-state index contributed by atoms with van der Waals surface area (Å²) >= 11 is 0. The maximum Gasteiger partial charge on any atom is 0.416 e. The van der Waals surface area contributed by atoms with E-state index in [0.717, 1.165) is 51.0 Å². The van der Waals surface area contributed by atoms with Gasteiger partial charge in [-0.1, -0.05) is 19.1 Å². The number of alkyl halides is 3. The van der Waals surface area contributed by atoms with E-state index >= 15 is 0 Å². The summed E-state index contributed by atoms with van der Waals surface area (Å²) in [6.07, 6.45) is -2.14. The number of benzene rings is 1. The molecule has 1 unspecified atom stereocenters. The number of nitrogens with zero attached hydrogens (tertiary/aromatic N) is 1. The first-order chi connectivity index (χ1) is 10.9. The average Bonchev–Trinajstić information content (AvgIpc) is 2.53. The molecule has 0 saturated carbocycles. The van der Waals surface area contributed by atoms with Gasteiger partial charge < -0.3 is 15.3 Å². The smallest absolute Gasteiger partial charge is 0.387 e. The van der Waals surface area contributed by atoms with E-state index in [-0.39, 0.29) is 6.54 Å². The van der Waals surface area contributed by atoms with Crippen LogP contribution in [0.15, 0.2) is 24.3 Å². The van der Waals surface area contributed by atoms with Crippen LogP contribution in [0.3, 0.4) is 0 Å². The van der Waals surface area contributed by atoms with Crippen molar-refractivity contribution in [1.29, 1.82) is 0 Å². The lowest BCUT2D eigenvalue weighted by Gasteiger charge is -2.32. The Labute approximate surface area is 135 Å². The van der Waals surface area contributed by atoms with E-state index < -0.39 is 17.8 Å². The van der Waals surface area contributed by atoms with Crippen molar-refractivity contribution in [3.63, 3.8) is 0 Å². The summed E-state index contributed by atoms with van der Waals surface area (Å²) in [7, 11) is 0. The van der Waals surface area contributed by atoms with Crippen molar-refractivity contribution in [2.75, 3.05) is 26.2 Å². The molecule has 0 radical (unpaired) electrons. The zero-order valence-corrected chi connectivity index (χ0v) is 13.4. The Morgan fingerprint density at radius 2 is 2.00 bits per heavy atom. The maximum absolute atomic E-state index is 12.7. The lowest BCUT2D eigenvalue weighted by molar-refractivity contribution is -0.137. The highest BCUT2D eigenvalue weighted by molar-refractivity contribution is 5.27. The fourth-order valence-electron chi connectivity index (χ4n) is 3.00. The molecule has 3 nitrogen and oxygen atoms in total. The van der Waals surface area contributed by atoms with Crippen LogP contribution in [0.5, 0.6) is 0 Å². The van der Waals surface area contributed by atoms with E-state index in [2.05, 4.69) is 17.1 Å². The van der Waals surface area contributed by atoms with Gasteiger partial charge in [-0.2, -0.15) is 13.2 Å². The molecule has 0 spiro atoms. The molecule has 2 rings (SSSR count). The molecule has 1 aliphatic rings. The third kappa shape index (κ3) is 5.48. The van der Waals surface area contributed by atoms with Gasteiger partial charge in [0.1, 0.15) is 0 Å². The van der Waals surface area contributed by atoms with Crippen molar-refractivity contribution in [2.45, 2.75) is 44.5 Å². The minimum Gasteiger partial charge on any atom is -0.387 e. The number of likely N-dealkylation sites (tertiary alicyclic amines) is 1. The molecule has 2 N–H and O–H groups in total. The molecule has 1 heterocycles. The fourth-order valence-corrected chi connectivity index (χ4v) is 3.00. The van der Waals surface area contributed by atoms with Gasteiger partial charge in [-0.15, -0.1) is 0 Å². The van der Waals surface area contributed by atoms with Gasteiger partial charge >= 0.3 is 6.18 Å². The van der Waals surface area contributed by atoms with Gasteiger partial charge in [-0.3, -0.25) is 0 Å². The fraction of sp³-hybridized carbons (Fsp3) is 0.647. The molecule has 0 aliphatic carbocycles. The summed E-state index contributed by atoms with van der Waals surface area (Å²) < 4.78 is 38.1. The van der Waals surface area contributed by atoms with Gasteiger partial charge in [0.2, 0.25) is 0 Å². The first kappa shape index (κ1) is 18.2. The molecule has 0 aromatic heterocycles. The summed E-state index contributed by atoms with van der Waals surface area (Å²) in [5, 5.41) is 13.4. The summed E-state index contributed by atoms with van der Waals surface area (Å²) in [4.78, 5) is 2.42. The van der Waals surface area contributed by atoms with Crippen molar-refractivity contribution < 1.29 is 18.3 Å². The molecule has 6 heteroatoms. The Hall–Kier alpha value is -1.11. The Bertz CT molecular complexity index is 485. The molecule has 1 saturated heterocycles. The van der Waals surface area contributed by atoms with Gasteiger partial charge in [-0.05, 0) is 56.6 Å². The monoisotopic (exact) mass is 330 g/mol. The highest BCUT2D eigenvalue weighted by atomic mass is 19.4. The van der Waals surface area contributed by atoms with Crippen LogP contribution < -0.4 is 5.32 Å². The van der Waals surface area contributed by atoms with Gasteiger partial charge in [-0.25, -0.2) is 0 Å². The highest BCUT2D eigenvalue weighted by Crippen LogP contribution is 2.30. The molecule has 23 heavy (non-hydrogen) atoms. The van der Waals surface area contributed by atoms with Gasteiger partial charge in [0.15, 0.2) is 0 Å². The number of rotatable bonds is 6. The van der Waals surface area contributed by atoms with Crippen molar-refractivity contribution in [2.24, 2.45) is 0 Å². The molecule has 1 aliphatic heterocycles. The van der Waals surface area contributed by atoms with Crippen molar-refractivity contribution in [3.8, 4) is 0 Å². The Balaban J connectivity index is 1.82. The van der Waals surface area contributed by atoms with E-state index in [0.29, 0.717) is 11.6 Å². The quantitative estimate of drug-likeness (QED) is 0.841. The van der Waals surface area contributed by atoms with Crippen molar-refractivity contribution in [1.82, 2.24) is 10.2 Å². The minimum absolute atomic E-state index is 0.278. The molecular formula is C17H25F3N2O. The summed E-state index contributed by atoms with van der Waals surface area (Å²) in [5.74, 6) is 0. The van der Waals surface area contributed by atoms with Gasteiger partial charge in [0, 0.05) is 12.6 Å². The lowest BCUT2D eigenvalue weighted by atomic mass is 10.0. The molecule has 1 aromatic carbocycles. The number of nitrogens with one attached hydrogen (secondary N) is 1. The second-order valence-corrected chi connectivity index (χ2v) is 6.16. The average molecular weight is 330 g/mol. The molecule has 1 fully saturated rings. The predicted molar refractivity (Wildman–Crippen MR) is 84.2 cm³/mol. The lowest BCUT2D eigenvalue weighted by Crippen LogP contribution is -2.43. The Kier molecular flexibility index (Phi) is 6.44. The second-order valence-electron chi connectivity index (χ2n) is 6.16. The SMILES string of the molecule is CCCN1CCC(NCC(O)c2cccc(C(F)(F)F)c2)CC1. The van der Waals surface area contributed by atoms with Crippen LogP contribution >= 0.6 is 0 Å². The van der Waals surface area contributed by atoms with E-state index in [1.165, 1.54) is 12.1 Å². The third-order valence-electron chi connectivity index (χ3n) is 4.33. The van der Waals surface area contributed by atoms with Crippen LogP contribution in [-0.2, 0) is 6.18 Å². The molecule has 0 amide bonds. The normalized spacial score (nSPS) is 19.0. The predicted octanol–water partition coefficient (Wildman–Crippen LogP) is 3.20. The maximum atomic E-state index is 12.7. The van der Waals surface area contributed by atoms with E-state index in [4.69, 9.17) is 0 Å². The minimum atomic E-state index is -4.38. The summed E-state index contributed by atoms with van der Waals surface area (Å²) in [5.41, 5.74) is -0.419. The zero-order valence-electron chi connectivity index (χ0n) is 13.4. The van der Waals surface area contributed by atoms with Crippen LogP contribution in [0.4, 0.5) is 13.2 Å². The summed E-state index contributed by atoms with van der Waals surface area (Å²) in [6, 6.07) is 5.24. The van der Waals surface area contributed by atoms with Crippen LogP contribution in [-0.4, -0.2) is 42.2 Å². The largest absolute Gasteiger partial charge is 0.416 e. The van der Waals surface area contributed by atoms with Crippen LogP contribution in [0.25, 0.3) is 0 Å². The van der Waals surface area contributed by atoms with E-state index in [1.54, 1.807) is 0 Å². The molecule has 130 valence electrons. The number of hydrogen-bond acceptors (Lipinski definition) is 3. The van der Waals surface area contributed by atoms with Crippen LogP contribution in [0.2, 0.25) is 0 Å². The van der Waals surface area contributed by atoms with Crippen molar-refractivity contribution >= 4 is 0 Å². The second kappa shape index (κ2) is 8.13. The highest BCUT2D eigenvalue weighted by Gasteiger charge is 2.31. The number of hydrogen-bond donors (Lipinski definition) is 2. The topological polar surface area (TPSA) is 35.5 Å². The molecule has 1 atom stereocenters. The first-order valence-electron chi connectivity index (χ1n) is 8.21. The Morgan fingerprint density at radius 1 is 1.30 bits per heavy atom. The zero-order chi connectivity index (χ0) is 16.9. The number of piperidine rings is 1. The van der Waals surface area contributed by atoms with Gasteiger partial charge in [0.05, 0.1) is 11.7 Å². The molecule has 1 aromatic rings. The van der Waals surface area contributed by atoms with Crippen LogP contribution in [0.1, 0.15) is 43.4 Å². The standard InChI is InChI=1S/C17H25F3N2O/c1-2-8-22-9-6-15(7-10-22)21-12-16(23)13-4-3-5-14(11-13)17(18,19)20/h3-5,11,15-16,21,23H,2,6-10,12H2,1H3. The first-order valence-corrected chi connectivity index (χ1v) is 8.21. The number of aliphatic hydroxyl groups is 1.